The summed E-state index contributed by atoms with van der Waals surface area (Å²) >= 11 is 0. The minimum Gasteiger partial charge on any atom is -0.449 e. The molecule has 120 valence electrons. The van der Waals surface area contributed by atoms with E-state index in [1.165, 1.54) is 6.08 Å². The van der Waals surface area contributed by atoms with Crippen LogP contribution in [0.2, 0.25) is 0 Å². The molecule has 0 aliphatic carbocycles. The van der Waals surface area contributed by atoms with Crippen molar-refractivity contribution >= 4 is 0 Å². The summed E-state index contributed by atoms with van der Waals surface area (Å²) in [6.45, 7) is 1.96. The van der Waals surface area contributed by atoms with Gasteiger partial charge in [-0.1, -0.05) is 55.5 Å². The number of hydrogen-bond donors (Lipinski definition) is 1. The van der Waals surface area contributed by atoms with Gasteiger partial charge in [0.1, 0.15) is 12.5 Å². The Labute approximate surface area is 141 Å². The Morgan fingerprint density at radius 3 is 2.42 bits per heavy atom. The monoisotopic (exact) mass is 318 g/mol. The Hall–Kier alpha value is -3.19. The van der Waals surface area contributed by atoms with Gasteiger partial charge >= 0.3 is 5.79 Å². The van der Waals surface area contributed by atoms with Gasteiger partial charge in [-0.25, -0.2) is 0 Å². The first-order valence-electron chi connectivity index (χ1n) is 7.69. The van der Waals surface area contributed by atoms with Gasteiger partial charge in [-0.15, -0.1) is 0 Å². The lowest BCUT2D eigenvalue weighted by molar-refractivity contribution is -0.112. The lowest BCUT2D eigenvalue weighted by Gasteiger charge is -2.29. The summed E-state index contributed by atoms with van der Waals surface area (Å²) in [5.41, 5.74) is 9.26. The van der Waals surface area contributed by atoms with E-state index in [0.717, 1.165) is 16.7 Å². The molecule has 2 aromatic rings. The summed E-state index contributed by atoms with van der Waals surface area (Å²) in [6.07, 6.45) is 4.47. The summed E-state index contributed by atoms with van der Waals surface area (Å²) in [5, 5.41) is 8.79. The van der Waals surface area contributed by atoms with Gasteiger partial charge in [-0.2, -0.15) is 5.26 Å². The predicted octanol–water partition coefficient (Wildman–Crippen LogP) is 3.88. The molecule has 0 radical (unpaired) electrons. The van der Waals surface area contributed by atoms with Crippen LogP contribution in [0.25, 0.3) is 0 Å². The summed E-state index contributed by atoms with van der Waals surface area (Å²) < 4.78 is 11.7. The van der Waals surface area contributed by atoms with Crippen LogP contribution in [0.1, 0.15) is 29.5 Å². The summed E-state index contributed by atoms with van der Waals surface area (Å²) in [5.74, 6) is -1.07. The maximum atomic E-state index is 8.79. The van der Waals surface area contributed by atoms with E-state index in [9.17, 15) is 0 Å². The number of nitriles is 1. The number of hydrogen-bond acceptors (Lipinski definition) is 4. The normalized spacial score (nSPS) is 16.8. The van der Waals surface area contributed by atoms with Crippen molar-refractivity contribution in [3.8, 4) is 6.07 Å². The van der Waals surface area contributed by atoms with Crippen LogP contribution in [0.5, 0.6) is 0 Å². The molecule has 2 aromatic carbocycles. The molecule has 0 aromatic heterocycles. The molecule has 0 spiro atoms. The zero-order valence-electron chi connectivity index (χ0n) is 13.3. The highest BCUT2D eigenvalue weighted by Crippen LogP contribution is 2.39. The van der Waals surface area contributed by atoms with Crippen molar-refractivity contribution in [2.75, 3.05) is 0 Å². The fourth-order valence-corrected chi connectivity index (χ4v) is 2.78. The van der Waals surface area contributed by atoms with Crippen molar-refractivity contribution < 1.29 is 9.47 Å². The van der Waals surface area contributed by atoms with Gasteiger partial charge in [-0.05, 0) is 11.6 Å². The lowest BCUT2D eigenvalue weighted by atomic mass is 9.91. The second-order valence-electron chi connectivity index (χ2n) is 5.61. The number of nitrogens with two attached hydrogens (primary N) is 1. The van der Waals surface area contributed by atoms with E-state index in [0.29, 0.717) is 5.70 Å². The third kappa shape index (κ3) is 2.72. The quantitative estimate of drug-likeness (QED) is 0.869. The molecule has 1 atom stereocenters. The van der Waals surface area contributed by atoms with Crippen LogP contribution in [0, 0.1) is 11.3 Å². The van der Waals surface area contributed by atoms with Crippen LogP contribution in [0.3, 0.4) is 0 Å². The van der Waals surface area contributed by atoms with Crippen LogP contribution in [0.4, 0.5) is 0 Å². The van der Waals surface area contributed by atoms with Gasteiger partial charge in [-0.3, -0.25) is 0 Å². The number of benzene rings is 2. The highest BCUT2D eigenvalue weighted by molar-refractivity contribution is 5.40. The number of nitrogens with zero attached hydrogens (tertiary/aromatic N) is 1. The molecule has 0 saturated carbocycles. The molecule has 3 rings (SSSR count). The van der Waals surface area contributed by atoms with E-state index in [-0.39, 0.29) is 5.92 Å². The Morgan fingerprint density at radius 2 is 1.75 bits per heavy atom. The van der Waals surface area contributed by atoms with Crippen LogP contribution in [-0.2, 0) is 15.3 Å². The fourth-order valence-electron chi connectivity index (χ4n) is 2.78. The third-order valence-electron chi connectivity index (χ3n) is 4.18. The molecule has 4 heteroatoms. The average Bonchev–Trinajstić information content (AvgIpc) is 3.13. The Morgan fingerprint density at radius 1 is 1.08 bits per heavy atom. The Kier molecular flexibility index (Phi) is 4.26. The summed E-state index contributed by atoms with van der Waals surface area (Å²) in [6, 6.07) is 19.6. The van der Waals surface area contributed by atoms with Crippen LogP contribution < -0.4 is 5.73 Å². The average molecular weight is 318 g/mol. The minimum absolute atomic E-state index is 0.0771. The maximum Gasteiger partial charge on any atom is 0.304 e. The van der Waals surface area contributed by atoms with Crippen molar-refractivity contribution in [2.45, 2.75) is 18.6 Å². The number of allylic oxidation sites excluding steroid dienone is 2. The molecule has 1 aliphatic rings. The first kappa shape index (κ1) is 15.7. The van der Waals surface area contributed by atoms with Gasteiger partial charge in [0.2, 0.25) is 0 Å². The molecule has 1 aliphatic heterocycles. The molecular formula is C20H18N2O2. The van der Waals surface area contributed by atoms with E-state index < -0.39 is 5.79 Å². The molecule has 0 saturated heterocycles. The van der Waals surface area contributed by atoms with Crippen molar-refractivity contribution in [3.05, 3.63) is 95.6 Å². The zero-order chi connectivity index (χ0) is 17.0. The molecular weight excluding hydrogens is 300 g/mol. The first-order chi connectivity index (χ1) is 11.7. The van der Waals surface area contributed by atoms with Gasteiger partial charge < -0.3 is 15.2 Å². The molecule has 0 fully saturated rings. The fraction of sp³-hybridized carbons (Fsp3) is 0.150. The predicted molar refractivity (Wildman–Crippen MR) is 91.3 cm³/mol. The van der Waals surface area contributed by atoms with Crippen LogP contribution in [0.15, 0.2) is 78.9 Å². The Balaban J connectivity index is 2.04. The van der Waals surface area contributed by atoms with E-state index >= 15 is 0 Å². The second kappa shape index (κ2) is 6.51. The van der Waals surface area contributed by atoms with Crippen molar-refractivity contribution in [3.63, 3.8) is 0 Å². The first-order valence-corrected chi connectivity index (χ1v) is 7.69. The van der Waals surface area contributed by atoms with Crippen molar-refractivity contribution in [1.29, 1.82) is 5.26 Å². The minimum atomic E-state index is -0.995. The van der Waals surface area contributed by atoms with Crippen LogP contribution in [-0.4, -0.2) is 0 Å². The van der Waals surface area contributed by atoms with Gasteiger partial charge in [0.15, 0.2) is 0 Å². The lowest BCUT2D eigenvalue weighted by Crippen LogP contribution is -2.28. The third-order valence-corrected chi connectivity index (χ3v) is 4.18. The maximum absolute atomic E-state index is 8.79. The standard InChI is InChI=1S/C20H18N2O2/c1-15(19(22)10-11-21)16-6-5-9-18(14-16)20(23-12-13-24-20)17-7-3-2-4-8-17/h2-10,12-15H,22H2,1H3. The van der Waals surface area contributed by atoms with E-state index in [2.05, 4.69) is 0 Å². The van der Waals surface area contributed by atoms with E-state index in [4.69, 9.17) is 20.5 Å². The molecule has 0 amide bonds. The number of rotatable bonds is 4. The number of ether oxygens (including phenoxy) is 2. The molecule has 24 heavy (non-hydrogen) atoms. The SMILES string of the molecule is CC(C(N)=CC#N)c1cccc(C2(c3ccccc3)OC=CO2)c1. The van der Waals surface area contributed by atoms with Gasteiger partial charge in [0.05, 0.1) is 6.07 Å². The summed E-state index contributed by atoms with van der Waals surface area (Å²) in [4.78, 5) is 0. The van der Waals surface area contributed by atoms with Crippen LogP contribution >= 0.6 is 0 Å². The molecule has 2 N–H and O–H groups in total. The summed E-state index contributed by atoms with van der Waals surface area (Å²) in [7, 11) is 0. The second-order valence-corrected chi connectivity index (χ2v) is 5.61. The molecule has 4 nitrogen and oxygen atoms in total. The smallest absolute Gasteiger partial charge is 0.304 e. The van der Waals surface area contributed by atoms with Crippen molar-refractivity contribution in [1.82, 2.24) is 0 Å². The largest absolute Gasteiger partial charge is 0.449 e. The van der Waals surface area contributed by atoms with Crippen molar-refractivity contribution in [2.24, 2.45) is 5.73 Å². The Bertz CT molecular complexity index is 811. The molecule has 1 unspecified atom stereocenters. The highest BCUT2D eigenvalue weighted by Gasteiger charge is 2.40. The van der Waals surface area contributed by atoms with Gasteiger partial charge in [0.25, 0.3) is 0 Å². The molecule has 0 bridgehead atoms. The van der Waals surface area contributed by atoms with E-state index in [1.54, 1.807) is 12.5 Å². The topological polar surface area (TPSA) is 68.3 Å². The van der Waals surface area contributed by atoms with E-state index in [1.807, 2.05) is 67.6 Å². The highest BCUT2D eigenvalue weighted by atomic mass is 16.7. The zero-order valence-corrected chi connectivity index (χ0v) is 13.3. The molecule has 1 heterocycles. The van der Waals surface area contributed by atoms with Gasteiger partial charge in [0, 0.05) is 28.8 Å².